The highest BCUT2D eigenvalue weighted by Gasteiger charge is 2.30. The molecule has 0 spiro atoms. The number of thioether (sulfide) groups is 1. The van der Waals surface area contributed by atoms with Gasteiger partial charge in [0.15, 0.2) is 5.16 Å². The van der Waals surface area contributed by atoms with Crippen LogP contribution in [0.4, 0.5) is 5.00 Å². The fourth-order valence-electron chi connectivity index (χ4n) is 3.02. The summed E-state index contributed by atoms with van der Waals surface area (Å²) in [5, 5.41) is 14.7. The number of thiophene rings is 1. The predicted molar refractivity (Wildman–Crippen MR) is 120 cm³/mol. The molecule has 0 aliphatic heterocycles. The van der Waals surface area contributed by atoms with Crippen molar-refractivity contribution in [3.05, 3.63) is 34.5 Å². The van der Waals surface area contributed by atoms with Crippen molar-refractivity contribution >= 4 is 45.9 Å². The van der Waals surface area contributed by atoms with Gasteiger partial charge >= 0.3 is 5.97 Å². The van der Waals surface area contributed by atoms with Crippen molar-refractivity contribution in [1.29, 1.82) is 0 Å². The summed E-state index contributed by atoms with van der Waals surface area (Å²) in [7, 11) is 1.51. The Morgan fingerprint density at radius 3 is 2.71 bits per heavy atom. The third kappa shape index (κ3) is 5.16. The van der Waals surface area contributed by atoms with E-state index in [0.717, 1.165) is 30.0 Å². The molecular weight excluding hydrogens is 438 g/mol. The van der Waals surface area contributed by atoms with Gasteiger partial charge in [0, 0.05) is 19.5 Å². The zero-order chi connectivity index (χ0) is 22.5. The minimum Gasteiger partial charge on any atom is -0.462 e. The summed E-state index contributed by atoms with van der Waals surface area (Å²) in [5.41, 5.74) is 0.681. The minimum absolute atomic E-state index is 0.0778. The van der Waals surface area contributed by atoms with Gasteiger partial charge in [-0.15, -0.1) is 28.1 Å². The van der Waals surface area contributed by atoms with Crippen LogP contribution in [0.2, 0.25) is 0 Å². The second-order valence-electron chi connectivity index (χ2n) is 6.91. The molecular formula is C20H25N5O4S2. The van der Waals surface area contributed by atoms with E-state index in [0.29, 0.717) is 33.1 Å². The van der Waals surface area contributed by atoms with Crippen molar-refractivity contribution < 1.29 is 19.1 Å². The Bertz CT molecular complexity index is 1010. The van der Waals surface area contributed by atoms with Crippen LogP contribution in [0, 0.1) is 6.92 Å². The number of rotatable bonds is 10. The number of ether oxygens (including phenoxy) is 1. The molecule has 11 heteroatoms. The molecule has 1 fully saturated rings. The Kier molecular flexibility index (Phi) is 7.50. The summed E-state index contributed by atoms with van der Waals surface area (Å²) < 4.78 is 7.09. The molecule has 2 amide bonds. The second-order valence-corrected chi connectivity index (χ2v) is 8.87. The van der Waals surface area contributed by atoms with Gasteiger partial charge in [0.05, 0.1) is 22.8 Å². The van der Waals surface area contributed by atoms with Crippen LogP contribution >= 0.6 is 23.1 Å². The molecule has 0 atom stereocenters. The summed E-state index contributed by atoms with van der Waals surface area (Å²) in [5.74, 6) is 0.217. The average molecular weight is 464 g/mol. The number of nitrogens with zero attached hydrogens (tertiary/aromatic N) is 3. The molecule has 166 valence electrons. The molecule has 1 saturated carbocycles. The monoisotopic (exact) mass is 463 g/mol. The maximum absolute atomic E-state index is 12.6. The zero-order valence-electron chi connectivity index (χ0n) is 17.7. The first-order valence-electron chi connectivity index (χ1n) is 9.90. The normalized spacial score (nSPS) is 13.0. The first-order chi connectivity index (χ1) is 14.9. The topological polar surface area (TPSA) is 115 Å². The summed E-state index contributed by atoms with van der Waals surface area (Å²) in [6.45, 7) is 7.91. The third-order valence-electron chi connectivity index (χ3n) is 4.64. The van der Waals surface area contributed by atoms with Gasteiger partial charge in [0.25, 0.3) is 5.91 Å². The van der Waals surface area contributed by atoms with Crippen LogP contribution in [0.5, 0.6) is 0 Å². The second kappa shape index (κ2) is 10.1. The van der Waals surface area contributed by atoms with Gasteiger partial charge in [-0.25, -0.2) is 4.79 Å². The van der Waals surface area contributed by atoms with Gasteiger partial charge in [-0.2, -0.15) is 0 Å². The number of carbonyl (C=O) groups is 3. The van der Waals surface area contributed by atoms with E-state index in [1.807, 2.05) is 4.57 Å². The number of hydrogen-bond donors (Lipinski definition) is 2. The quantitative estimate of drug-likeness (QED) is 0.316. The van der Waals surface area contributed by atoms with Crippen LogP contribution in [-0.2, 0) is 16.1 Å². The molecule has 3 rings (SSSR count). The number of esters is 1. The fraction of sp³-hybridized carbons (Fsp3) is 0.450. The van der Waals surface area contributed by atoms with Crippen molar-refractivity contribution in [3.63, 3.8) is 0 Å². The van der Waals surface area contributed by atoms with Crippen molar-refractivity contribution in [2.24, 2.45) is 0 Å². The van der Waals surface area contributed by atoms with E-state index in [-0.39, 0.29) is 29.7 Å². The van der Waals surface area contributed by atoms with Crippen molar-refractivity contribution in [3.8, 4) is 0 Å². The number of allylic oxidation sites excluding steroid dienone is 1. The molecule has 1 aliphatic carbocycles. The smallest absolute Gasteiger partial charge is 0.341 e. The molecule has 1 aliphatic rings. The highest BCUT2D eigenvalue weighted by molar-refractivity contribution is 7.99. The van der Waals surface area contributed by atoms with Gasteiger partial charge in [-0.05, 0) is 32.3 Å². The lowest BCUT2D eigenvalue weighted by molar-refractivity contribution is -0.113. The highest BCUT2D eigenvalue weighted by Crippen LogP contribution is 2.40. The van der Waals surface area contributed by atoms with E-state index in [9.17, 15) is 14.4 Å². The zero-order valence-corrected chi connectivity index (χ0v) is 19.3. The molecule has 31 heavy (non-hydrogen) atoms. The molecule has 2 heterocycles. The van der Waals surface area contributed by atoms with Gasteiger partial charge in [-0.1, -0.05) is 17.8 Å². The predicted octanol–water partition coefficient (Wildman–Crippen LogP) is 2.98. The summed E-state index contributed by atoms with van der Waals surface area (Å²) in [6.07, 6.45) is 3.98. The summed E-state index contributed by atoms with van der Waals surface area (Å²) >= 11 is 2.32. The van der Waals surface area contributed by atoms with E-state index in [2.05, 4.69) is 27.4 Å². The molecule has 2 N–H and O–H groups in total. The van der Waals surface area contributed by atoms with Crippen molar-refractivity contribution in [1.82, 2.24) is 20.1 Å². The van der Waals surface area contributed by atoms with E-state index in [1.165, 1.54) is 18.8 Å². The first kappa shape index (κ1) is 23.0. The van der Waals surface area contributed by atoms with E-state index < -0.39 is 5.97 Å². The van der Waals surface area contributed by atoms with Gasteiger partial charge in [0.1, 0.15) is 10.8 Å². The Labute approximate surface area is 188 Å². The Hall–Kier alpha value is -2.66. The molecule has 2 aromatic rings. The van der Waals surface area contributed by atoms with Crippen LogP contribution in [-0.4, -0.2) is 52.0 Å². The average Bonchev–Trinajstić information content (AvgIpc) is 3.43. The first-order valence-corrected chi connectivity index (χ1v) is 11.7. The Morgan fingerprint density at radius 1 is 1.35 bits per heavy atom. The summed E-state index contributed by atoms with van der Waals surface area (Å²) in [4.78, 5) is 37.6. The molecule has 0 bridgehead atoms. The number of hydrogen-bond acceptors (Lipinski definition) is 8. The fourth-order valence-corrected chi connectivity index (χ4v) is 4.94. The molecule has 0 aromatic carbocycles. The van der Waals surface area contributed by atoms with E-state index >= 15 is 0 Å². The number of anilines is 1. The van der Waals surface area contributed by atoms with Crippen LogP contribution in [0.3, 0.4) is 0 Å². The van der Waals surface area contributed by atoms with Gasteiger partial charge < -0.3 is 19.9 Å². The minimum atomic E-state index is -0.575. The molecule has 0 unspecified atom stereocenters. The molecule has 9 nitrogen and oxygen atoms in total. The SMILES string of the molecule is C=CCn1c(SCC(=O)Nc2sc(C(=O)NC)c(C)c2C(=O)OCC)nnc1C1CC1. The number of aromatic nitrogens is 3. The number of amides is 2. The molecule has 0 radical (unpaired) electrons. The van der Waals surface area contributed by atoms with E-state index in [4.69, 9.17) is 4.74 Å². The summed E-state index contributed by atoms with van der Waals surface area (Å²) in [6, 6.07) is 0. The lowest BCUT2D eigenvalue weighted by Gasteiger charge is -2.08. The standard InChI is InChI=1S/C20H25N5O4S2/c1-5-9-25-16(12-7-8-12)23-24-20(25)30-10-13(26)22-18-14(19(28)29-6-2)11(3)15(31-18)17(27)21-4/h5,12H,1,6-10H2,2-4H3,(H,21,27)(H,22,26). The number of nitrogens with one attached hydrogen (secondary N) is 2. The number of carbonyl (C=O) groups excluding carboxylic acids is 3. The third-order valence-corrected chi connectivity index (χ3v) is 6.82. The molecule has 2 aromatic heterocycles. The Morgan fingerprint density at radius 2 is 2.10 bits per heavy atom. The largest absolute Gasteiger partial charge is 0.462 e. The maximum Gasteiger partial charge on any atom is 0.341 e. The van der Waals surface area contributed by atoms with E-state index in [1.54, 1.807) is 19.9 Å². The lowest BCUT2D eigenvalue weighted by atomic mass is 10.1. The van der Waals surface area contributed by atoms with Gasteiger partial charge in [0.2, 0.25) is 5.91 Å². The van der Waals surface area contributed by atoms with Crippen LogP contribution in [0.15, 0.2) is 17.8 Å². The lowest BCUT2D eigenvalue weighted by Crippen LogP contribution is -2.18. The van der Waals surface area contributed by atoms with Gasteiger partial charge in [-0.3, -0.25) is 9.59 Å². The Balaban J connectivity index is 1.75. The van der Waals surface area contributed by atoms with Crippen LogP contribution in [0.1, 0.15) is 57.1 Å². The maximum atomic E-state index is 12.6. The van der Waals surface area contributed by atoms with Crippen LogP contribution < -0.4 is 10.6 Å². The van der Waals surface area contributed by atoms with Crippen molar-refractivity contribution in [2.45, 2.75) is 44.3 Å². The van der Waals surface area contributed by atoms with Crippen LogP contribution in [0.25, 0.3) is 0 Å². The highest BCUT2D eigenvalue weighted by atomic mass is 32.2. The molecule has 0 saturated heterocycles. The van der Waals surface area contributed by atoms with Crippen molar-refractivity contribution in [2.75, 3.05) is 24.7 Å².